The Balaban J connectivity index is 1.29. The zero-order chi connectivity index (χ0) is 37.1. The largest absolute Gasteiger partial charge is 0.455 e. The molecular formula is C52H33N3O. The number of para-hydroxylation sites is 2. The fourth-order valence-electron chi connectivity index (χ4n) is 8.78. The Hall–Kier alpha value is -7.43. The minimum Gasteiger partial charge on any atom is -0.455 e. The zero-order valence-electron chi connectivity index (χ0n) is 30.3. The molecule has 0 bridgehead atoms. The number of fused-ring (bicyclic) bond motifs is 6. The Morgan fingerprint density at radius 1 is 0.339 bits per heavy atom. The highest BCUT2D eigenvalue weighted by Crippen LogP contribution is 2.58. The number of aromatic nitrogens is 3. The van der Waals surface area contributed by atoms with E-state index in [0.717, 1.165) is 55.3 Å². The second kappa shape index (κ2) is 12.9. The van der Waals surface area contributed by atoms with Crippen molar-refractivity contribution in [2.75, 3.05) is 0 Å². The molecule has 11 rings (SSSR count). The summed E-state index contributed by atoms with van der Waals surface area (Å²) in [7, 11) is 0. The minimum atomic E-state index is -0.590. The predicted molar refractivity (Wildman–Crippen MR) is 226 cm³/mol. The lowest BCUT2D eigenvalue weighted by Crippen LogP contribution is -2.28. The molecule has 4 nitrogen and oxygen atoms in total. The summed E-state index contributed by atoms with van der Waals surface area (Å²) in [5.74, 6) is 1.83. The summed E-state index contributed by atoms with van der Waals surface area (Å²) in [6.45, 7) is 0. The summed E-state index contributed by atoms with van der Waals surface area (Å²) in [6, 6.07) is 70.4. The fourth-order valence-corrected chi connectivity index (χ4v) is 8.78. The van der Waals surface area contributed by atoms with Crippen LogP contribution in [0.3, 0.4) is 0 Å². The lowest BCUT2D eigenvalue weighted by Gasteiger charge is -2.34. The highest BCUT2D eigenvalue weighted by molar-refractivity contribution is 6.11. The van der Waals surface area contributed by atoms with E-state index < -0.39 is 5.41 Å². The monoisotopic (exact) mass is 715 g/mol. The van der Waals surface area contributed by atoms with Crippen LogP contribution in [0.5, 0.6) is 0 Å². The van der Waals surface area contributed by atoms with Crippen LogP contribution >= 0.6 is 0 Å². The Labute approximate surface area is 324 Å². The van der Waals surface area contributed by atoms with Gasteiger partial charge in [0.15, 0.2) is 17.5 Å². The van der Waals surface area contributed by atoms with Gasteiger partial charge in [-0.2, -0.15) is 0 Å². The molecule has 0 N–H and O–H groups in total. The van der Waals surface area contributed by atoms with Gasteiger partial charge in [0.1, 0.15) is 11.2 Å². The predicted octanol–water partition coefficient (Wildman–Crippen LogP) is 12.8. The molecule has 0 saturated heterocycles. The van der Waals surface area contributed by atoms with E-state index in [4.69, 9.17) is 19.4 Å². The van der Waals surface area contributed by atoms with Crippen LogP contribution in [0.1, 0.15) is 22.3 Å². The first-order chi connectivity index (χ1) is 27.8. The van der Waals surface area contributed by atoms with Gasteiger partial charge in [-0.15, -0.1) is 0 Å². The van der Waals surface area contributed by atoms with Crippen LogP contribution in [0.15, 0.2) is 205 Å². The van der Waals surface area contributed by atoms with Crippen LogP contribution in [0.4, 0.5) is 0 Å². The second-order valence-electron chi connectivity index (χ2n) is 14.3. The number of hydrogen-bond donors (Lipinski definition) is 0. The van der Waals surface area contributed by atoms with Gasteiger partial charge in [-0.1, -0.05) is 182 Å². The molecule has 0 saturated carbocycles. The van der Waals surface area contributed by atoms with Crippen molar-refractivity contribution in [3.8, 4) is 56.4 Å². The average molecular weight is 716 g/mol. The topological polar surface area (TPSA) is 51.8 Å². The van der Waals surface area contributed by atoms with Crippen molar-refractivity contribution in [2.24, 2.45) is 0 Å². The Morgan fingerprint density at radius 2 is 0.857 bits per heavy atom. The third-order valence-electron chi connectivity index (χ3n) is 11.2. The number of nitrogens with zero attached hydrogens (tertiary/aromatic N) is 3. The van der Waals surface area contributed by atoms with E-state index in [1.165, 1.54) is 27.8 Å². The number of furan rings is 1. The van der Waals surface area contributed by atoms with Crippen LogP contribution in [-0.2, 0) is 5.41 Å². The van der Waals surface area contributed by atoms with Crippen LogP contribution in [-0.4, -0.2) is 15.0 Å². The summed E-state index contributed by atoms with van der Waals surface area (Å²) in [6.07, 6.45) is 0. The van der Waals surface area contributed by atoms with Crippen LogP contribution in [0, 0.1) is 0 Å². The molecule has 10 aromatic rings. The molecule has 2 aromatic heterocycles. The fraction of sp³-hybridized carbons (Fsp3) is 0.0192. The third kappa shape index (κ3) is 4.89. The van der Waals surface area contributed by atoms with Gasteiger partial charge in [0.2, 0.25) is 0 Å². The molecule has 0 atom stereocenters. The van der Waals surface area contributed by atoms with Gasteiger partial charge in [-0.05, 0) is 57.1 Å². The van der Waals surface area contributed by atoms with Crippen molar-refractivity contribution < 1.29 is 4.42 Å². The molecule has 4 heteroatoms. The first-order valence-electron chi connectivity index (χ1n) is 18.9. The van der Waals surface area contributed by atoms with Crippen LogP contribution < -0.4 is 0 Å². The SMILES string of the molecule is c1ccc(-c2nc(-c3ccccc3)nc(-c3cc4c(cc3-c3cccc5c3oc3ccccc35)C(c3ccccc3)(c3ccccc3)c3ccccc3-4)n2)cc1. The molecule has 0 aliphatic heterocycles. The van der Waals surface area contributed by atoms with Gasteiger partial charge in [-0.25, -0.2) is 15.0 Å². The average Bonchev–Trinajstić information content (AvgIpc) is 3.81. The van der Waals surface area contributed by atoms with Gasteiger partial charge in [0.25, 0.3) is 0 Å². The molecule has 262 valence electrons. The minimum absolute atomic E-state index is 0.590. The van der Waals surface area contributed by atoms with E-state index in [1.54, 1.807) is 0 Å². The third-order valence-corrected chi connectivity index (χ3v) is 11.2. The molecule has 56 heavy (non-hydrogen) atoms. The summed E-state index contributed by atoms with van der Waals surface area (Å²) in [5, 5.41) is 2.15. The summed E-state index contributed by atoms with van der Waals surface area (Å²) in [4.78, 5) is 15.6. The van der Waals surface area contributed by atoms with E-state index in [2.05, 4.69) is 152 Å². The maximum absolute atomic E-state index is 6.76. The zero-order valence-corrected chi connectivity index (χ0v) is 30.3. The van der Waals surface area contributed by atoms with E-state index in [9.17, 15) is 0 Å². The Kier molecular flexibility index (Phi) is 7.36. The van der Waals surface area contributed by atoms with E-state index in [-0.39, 0.29) is 0 Å². The van der Waals surface area contributed by atoms with E-state index >= 15 is 0 Å². The van der Waals surface area contributed by atoms with E-state index in [1.807, 2.05) is 48.5 Å². The molecule has 1 aliphatic rings. The van der Waals surface area contributed by atoms with Crippen molar-refractivity contribution >= 4 is 21.9 Å². The summed E-state index contributed by atoms with van der Waals surface area (Å²) in [5.41, 5.74) is 13.0. The lowest BCUT2D eigenvalue weighted by atomic mass is 9.67. The summed E-state index contributed by atoms with van der Waals surface area (Å²) >= 11 is 0. The number of hydrogen-bond acceptors (Lipinski definition) is 4. The number of benzene rings is 8. The number of rotatable bonds is 6. The maximum atomic E-state index is 6.76. The van der Waals surface area contributed by atoms with Crippen molar-refractivity contribution in [3.05, 3.63) is 222 Å². The molecule has 0 radical (unpaired) electrons. The van der Waals surface area contributed by atoms with Gasteiger partial charge < -0.3 is 4.42 Å². The highest BCUT2D eigenvalue weighted by Gasteiger charge is 2.46. The molecular weight excluding hydrogens is 683 g/mol. The van der Waals surface area contributed by atoms with Gasteiger partial charge >= 0.3 is 0 Å². The standard InChI is InChI=1S/C52H33N3O/c1-5-18-34(19-6-1)49-53-50(35-20-7-2-8-21-35)55-51(54-49)44-32-43-38-26-13-15-30-45(38)52(36-22-9-3-10-23-36,37-24-11-4-12-25-37)46(43)33-42(44)41-29-17-28-40-39-27-14-16-31-47(39)56-48(40)41/h1-33H. The lowest BCUT2D eigenvalue weighted by molar-refractivity contribution is 0.670. The Bertz CT molecular complexity index is 2970. The second-order valence-corrected chi connectivity index (χ2v) is 14.3. The quantitative estimate of drug-likeness (QED) is 0.172. The van der Waals surface area contributed by atoms with Crippen LogP contribution in [0.2, 0.25) is 0 Å². The molecule has 1 aliphatic carbocycles. The van der Waals surface area contributed by atoms with Crippen molar-refractivity contribution in [1.82, 2.24) is 15.0 Å². The molecule has 0 unspecified atom stereocenters. The van der Waals surface area contributed by atoms with Crippen molar-refractivity contribution in [1.29, 1.82) is 0 Å². The van der Waals surface area contributed by atoms with E-state index in [0.29, 0.717) is 17.5 Å². The summed E-state index contributed by atoms with van der Waals surface area (Å²) < 4.78 is 6.76. The molecule has 0 fully saturated rings. The first-order valence-corrected chi connectivity index (χ1v) is 18.9. The van der Waals surface area contributed by atoms with Crippen LogP contribution in [0.25, 0.3) is 78.4 Å². The van der Waals surface area contributed by atoms with Crippen molar-refractivity contribution in [3.63, 3.8) is 0 Å². The van der Waals surface area contributed by atoms with Gasteiger partial charge in [-0.3, -0.25) is 0 Å². The first kappa shape index (κ1) is 32.0. The maximum Gasteiger partial charge on any atom is 0.164 e. The molecule has 0 amide bonds. The van der Waals surface area contributed by atoms with Gasteiger partial charge in [0.05, 0.1) is 5.41 Å². The van der Waals surface area contributed by atoms with Gasteiger partial charge in [0, 0.05) is 33.0 Å². The smallest absolute Gasteiger partial charge is 0.164 e. The molecule has 8 aromatic carbocycles. The Morgan fingerprint density at radius 3 is 1.52 bits per heavy atom. The molecule has 0 spiro atoms. The normalized spacial score (nSPS) is 12.8. The van der Waals surface area contributed by atoms with Crippen molar-refractivity contribution in [2.45, 2.75) is 5.41 Å². The molecule has 2 heterocycles. The highest BCUT2D eigenvalue weighted by atomic mass is 16.3.